The number of benzene rings is 6. The Morgan fingerprint density at radius 3 is 1.67 bits per heavy atom. The van der Waals surface area contributed by atoms with Crippen molar-refractivity contribution in [2.45, 2.75) is 0 Å². The molecule has 4 N–H and O–H groups in total. The quantitative estimate of drug-likeness (QED) is 0.103. The molecule has 0 atom stereocenters. The van der Waals surface area contributed by atoms with Crippen molar-refractivity contribution in [2.24, 2.45) is 0 Å². The fourth-order valence-electron chi connectivity index (χ4n) is 5.24. The Morgan fingerprint density at radius 2 is 1.10 bits per heavy atom. The average Bonchev–Trinajstić information content (AvgIpc) is 3.62. The zero-order chi connectivity index (χ0) is 34.1. The van der Waals surface area contributed by atoms with Gasteiger partial charge >= 0.3 is 7.12 Å². The van der Waals surface area contributed by atoms with E-state index in [2.05, 4.69) is 0 Å². The summed E-state index contributed by atoms with van der Waals surface area (Å²) < 4.78 is 40.0. The fraction of sp³-hybridized carbons (Fsp3) is 0. The Labute approximate surface area is 295 Å². The van der Waals surface area contributed by atoms with E-state index >= 15 is 0 Å². The third-order valence-corrected chi connectivity index (χ3v) is 8.81. The number of phenols is 2. The first kappa shape index (κ1) is 33.6. The van der Waals surface area contributed by atoms with E-state index in [1.165, 1.54) is 24.3 Å². The lowest BCUT2D eigenvalue weighted by Crippen LogP contribution is -2.33. The molecule has 0 aliphatic rings. The third kappa shape index (κ3) is 6.67. The first-order chi connectivity index (χ1) is 23.0. The molecule has 0 saturated carbocycles. The Balaban J connectivity index is 0.000000137. The molecule has 0 aliphatic carbocycles. The molecule has 6 nitrogen and oxygen atoms in total. The molecule has 0 fully saturated rings. The Hall–Kier alpha value is -4.33. The van der Waals surface area contributed by atoms with Crippen LogP contribution in [0.5, 0.6) is 11.5 Å². The highest BCUT2D eigenvalue weighted by atomic mass is 127. The molecule has 0 unspecified atom stereocenters. The summed E-state index contributed by atoms with van der Waals surface area (Å²) in [6.07, 6.45) is 0. The molecule has 8 rings (SSSR count). The third-order valence-electron chi connectivity index (χ3n) is 7.42. The molecule has 48 heavy (non-hydrogen) atoms. The van der Waals surface area contributed by atoms with Gasteiger partial charge in [0.05, 0.1) is 14.6 Å². The summed E-state index contributed by atoms with van der Waals surface area (Å²) in [5.41, 5.74) is 2.24. The van der Waals surface area contributed by atoms with Crippen molar-refractivity contribution in [3.8, 4) is 22.6 Å². The minimum Gasteiger partial charge on any atom is -0.507 e. The standard InChI is InChI=1S/C18H10ClFO2.C12H8BFO3.C6H4ClIO/c19-10-5-6-13(15(21)9-10)17-14(20)8-7-12-11-3-1-2-4-16(11)22-18(12)17;14-9-6-5-8-7-3-1-2-4-10(7)17-12(8)11(9)13(15)16;7-4-1-2-5(8)6(9)3-4/h1-9,21H;1-6,15-16H;1-3,9H. The van der Waals surface area contributed by atoms with Crippen LogP contribution in [-0.4, -0.2) is 27.4 Å². The van der Waals surface area contributed by atoms with Gasteiger partial charge in [0.2, 0.25) is 0 Å². The molecule has 2 heterocycles. The maximum atomic E-state index is 14.4. The van der Waals surface area contributed by atoms with Crippen molar-refractivity contribution >= 4 is 102 Å². The number of fused-ring (bicyclic) bond motifs is 6. The van der Waals surface area contributed by atoms with E-state index in [4.69, 9.17) is 37.1 Å². The zero-order valence-corrected chi connectivity index (χ0v) is 28.1. The van der Waals surface area contributed by atoms with Crippen LogP contribution in [0, 0.1) is 15.2 Å². The van der Waals surface area contributed by atoms with Gasteiger partial charge in [-0.1, -0.05) is 59.6 Å². The number of para-hydroxylation sites is 2. The monoisotopic (exact) mass is 796 g/mol. The lowest BCUT2D eigenvalue weighted by atomic mass is 9.79. The van der Waals surface area contributed by atoms with E-state index in [9.17, 15) is 23.9 Å². The Bertz CT molecular complexity index is 2450. The number of phenolic OH excluding ortho intramolecular Hbond substituents is 2. The molecule has 0 spiro atoms. The summed E-state index contributed by atoms with van der Waals surface area (Å²) in [5.74, 6) is -0.988. The highest BCUT2D eigenvalue weighted by Gasteiger charge is 2.24. The SMILES string of the molecule is OB(O)c1c(F)ccc2c1oc1ccccc12.Oc1cc(Cl)ccc1-c1c(F)ccc2c1oc1ccccc12.Oc1cc(Cl)ccc1I. The molecule has 0 aliphatic heterocycles. The first-order valence-corrected chi connectivity index (χ1v) is 16.1. The number of aromatic hydroxyl groups is 2. The lowest BCUT2D eigenvalue weighted by molar-refractivity contribution is 0.422. The predicted molar refractivity (Wildman–Crippen MR) is 195 cm³/mol. The molecular formula is C36H22BCl2F2IO6. The summed E-state index contributed by atoms with van der Waals surface area (Å²) in [5, 5.41) is 41.6. The van der Waals surface area contributed by atoms with Gasteiger partial charge in [-0.3, -0.25) is 0 Å². The first-order valence-electron chi connectivity index (χ1n) is 14.2. The maximum absolute atomic E-state index is 14.4. The van der Waals surface area contributed by atoms with Crippen molar-refractivity contribution in [3.63, 3.8) is 0 Å². The predicted octanol–water partition coefficient (Wildman–Crippen LogP) is 9.81. The van der Waals surface area contributed by atoms with Crippen molar-refractivity contribution in [2.75, 3.05) is 0 Å². The molecule has 8 aromatic rings. The van der Waals surface area contributed by atoms with Crippen LogP contribution < -0.4 is 5.46 Å². The molecule has 12 heteroatoms. The maximum Gasteiger partial charge on any atom is 0.495 e. The van der Waals surface area contributed by atoms with Gasteiger partial charge in [0.1, 0.15) is 45.5 Å². The number of halogens is 5. The van der Waals surface area contributed by atoms with Crippen LogP contribution in [-0.2, 0) is 0 Å². The van der Waals surface area contributed by atoms with E-state index in [1.54, 1.807) is 48.5 Å². The number of hydrogen-bond acceptors (Lipinski definition) is 6. The second-order valence-electron chi connectivity index (χ2n) is 10.5. The van der Waals surface area contributed by atoms with E-state index in [0.717, 1.165) is 19.7 Å². The van der Waals surface area contributed by atoms with Crippen LogP contribution in [0.15, 0.2) is 118 Å². The molecular weight excluding hydrogens is 775 g/mol. The van der Waals surface area contributed by atoms with E-state index in [0.29, 0.717) is 37.7 Å². The van der Waals surface area contributed by atoms with Crippen LogP contribution in [0.25, 0.3) is 55.0 Å². The molecule has 240 valence electrons. The highest BCUT2D eigenvalue weighted by molar-refractivity contribution is 14.1. The summed E-state index contributed by atoms with van der Waals surface area (Å²) in [6.45, 7) is 0. The Kier molecular flexibility index (Phi) is 9.81. The van der Waals surface area contributed by atoms with E-state index < -0.39 is 18.8 Å². The lowest BCUT2D eigenvalue weighted by Gasteiger charge is -2.07. The van der Waals surface area contributed by atoms with Crippen LogP contribution in [0.1, 0.15) is 0 Å². The molecule has 0 amide bonds. The zero-order valence-electron chi connectivity index (χ0n) is 24.5. The van der Waals surface area contributed by atoms with Crippen molar-refractivity contribution in [1.29, 1.82) is 0 Å². The molecule has 6 aromatic carbocycles. The topological polar surface area (TPSA) is 107 Å². The normalized spacial score (nSPS) is 11.0. The van der Waals surface area contributed by atoms with Gasteiger partial charge in [0.25, 0.3) is 0 Å². The van der Waals surface area contributed by atoms with Crippen LogP contribution >= 0.6 is 45.8 Å². The van der Waals surface area contributed by atoms with Gasteiger partial charge in [-0.25, -0.2) is 8.78 Å². The van der Waals surface area contributed by atoms with E-state index in [1.807, 2.05) is 59.0 Å². The Morgan fingerprint density at radius 1 is 0.583 bits per heavy atom. The van der Waals surface area contributed by atoms with Crippen LogP contribution in [0.3, 0.4) is 0 Å². The van der Waals surface area contributed by atoms with Gasteiger partial charge in [0, 0.05) is 37.2 Å². The summed E-state index contributed by atoms with van der Waals surface area (Å²) >= 11 is 13.4. The van der Waals surface area contributed by atoms with Crippen LogP contribution in [0.4, 0.5) is 8.78 Å². The van der Waals surface area contributed by atoms with Gasteiger partial charge in [0.15, 0.2) is 0 Å². The molecule has 0 bridgehead atoms. The average molecular weight is 797 g/mol. The van der Waals surface area contributed by atoms with Gasteiger partial charge in [-0.15, -0.1) is 0 Å². The molecule has 0 radical (unpaired) electrons. The number of furan rings is 2. The smallest absolute Gasteiger partial charge is 0.495 e. The van der Waals surface area contributed by atoms with Crippen LogP contribution in [0.2, 0.25) is 10.0 Å². The van der Waals surface area contributed by atoms with Crippen molar-refractivity contribution < 1.29 is 37.9 Å². The van der Waals surface area contributed by atoms with Gasteiger partial charge in [-0.2, -0.15) is 0 Å². The second kappa shape index (κ2) is 14.0. The number of hydrogen-bond donors (Lipinski definition) is 4. The largest absolute Gasteiger partial charge is 0.507 e. The highest BCUT2D eigenvalue weighted by Crippen LogP contribution is 2.41. The summed E-state index contributed by atoms with van der Waals surface area (Å²) in [4.78, 5) is 0. The fourth-order valence-corrected chi connectivity index (χ4v) is 5.91. The summed E-state index contributed by atoms with van der Waals surface area (Å²) in [7, 11) is -1.89. The van der Waals surface area contributed by atoms with Crippen molar-refractivity contribution in [1.82, 2.24) is 0 Å². The second-order valence-corrected chi connectivity index (χ2v) is 12.5. The van der Waals surface area contributed by atoms with E-state index in [-0.39, 0.29) is 28.1 Å². The molecule has 2 aromatic heterocycles. The number of rotatable bonds is 2. The summed E-state index contributed by atoms with van der Waals surface area (Å²) in [6, 6.07) is 30.2. The minimum absolute atomic E-state index is 0.0839. The molecule has 0 saturated heterocycles. The van der Waals surface area contributed by atoms with Gasteiger partial charge in [-0.05, 0) is 95.4 Å². The van der Waals surface area contributed by atoms with Gasteiger partial charge < -0.3 is 29.1 Å². The van der Waals surface area contributed by atoms with Crippen molar-refractivity contribution in [3.05, 3.63) is 134 Å². The minimum atomic E-state index is -1.89.